The number of imidazole rings is 1. The molecule has 0 aliphatic heterocycles. The van der Waals surface area contributed by atoms with Gasteiger partial charge in [0.1, 0.15) is 18.1 Å². The molecule has 0 saturated heterocycles. The van der Waals surface area contributed by atoms with Crippen molar-refractivity contribution < 1.29 is 9.21 Å². The van der Waals surface area contributed by atoms with Gasteiger partial charge in [-0.15, -0.1) is 0 Å². The summed E-state index contributed by atoms with van der Waals surface area (Å²) in [5.41, 5.74) is 5.48. The highest BCUT2D eigenvalue weighted by Gasteiger charge is 2.13. The van der Waals surface area contributed by atoms with Crippen LogP contribution in [0, 0.1) is 0 Å². The van der Waals surface area contributed by atoms with Gasteiger partial charge in [-0.05, 0) is 29.8 Å². The summed E-state index contributed by atoms with van der Waals surface area (Å²) in [6.45, 7) is 0.137. The Bertz CT molecular complexity index is 1070. The highest BCUT2D eigenvalue weighted by atomic mass is 16.3. The van der Waals surface area contributed by atoms with Crippen LogP contribution in [0.25, 0.3) is 11.0 Å². The number of aromatic nitrogens is 2. The van der Waals surface area contributed by atoms with Crippen LogP contribution in [0.3, 0.4) is 0 Å². The molecule has 27 heavy (non-hydrogen) atoms. The largest absolute Gasteiger partial charge is 0.463 e. The van der Waals surface area contributed by atoms with Crippen molar-refractivity contribution in [2.24, 2.45) is 5.10 Å². The minimum absolute atomic E-state index is 0.137. The first-order chi connectivity index (χ1) is 13.3. The van der Waals surface area contributed by atoms with Crippen LogP contribution in [0.4, 0.5) is 0 Å². The fourth-order valence-corrected chi connectivity index (χ4v) is 2.93. The molecule has 0 saturated carbocycles. The Morgan fingerprint density at radius 3 is 2.70 bits per heavy atom. The third kappa shape index (κ3) is 3.95. The first-order valence-corrected chi connectivity index (χ1v) is 8.63. The summed E-state index contributed by atoms with van der Waals surface area (Å²) in [5, 5.41) is 3.94. The molecule has 0 radical (unpaired) electrons. The summed E-state index contributed by atoms with van der Waals surface area (Å²) in [6.07, 6.45) is 3.67. The van der Waals surface area contributed by atoms with E-state index in [1.54, 1.807) is 18.4 Å². The molecule has 0 fully saturated rings. The summed E-state index contributed by atoms with van der Waals surface area (Å²) in [5.74, 6) is 1.19. The van der Waals surface area contributed by atoms with Crippen LogP contribution in [0.1, 0.15) is 17.1 Å². The molecule has 1 N–H and O–H groups in total. The standard InChI is InChI=1S/C21H18N4O2/c26-21(24-22-14-17-9-6-12-27-17)15-25-19-11-5-4-10-18(19)23-20(25)13-16-7-2-1-3-8-16/h1-12,14H,13,15H2,(H,24,26). The van der Waals surface area contributed by atoms with Crippen LogP contribution < -0.4 is 5.43 Å². The lowest BCUT2D eigenvalue weighted by Gasteiger charge is -2.08. The number of rotatable bonds is 6. The number of amides is 1. The first kappa shape index (κ1) is 16.8. The molecule has 6 heteroatoms. The molecular formula is C21H18N4O2. The number of hydrogen-bond acceptors (Lipinski definition) is 4. The molecule has 0 aliphatic rings. The van der Waals surface area contributed by atoms with Gasteiger partial charge in [0.15, 0.2) is 0 Å². The predicted molar refractivity (Wildman–Crippen MR) is 103 cm³/mol. The molecule has 4 rings (SSSR count). The van der Waals surface area contributed by atoms with Crippen molar-refractivity contribution in [1.82, 2.24) is 15.0 Å². The summed E-state index contributed by atoms with van der Waals surface area (Å²) in [6, 6.07) is 21.4. The molecule has 0 aliphatic carbocycles. The fourth-order valence-electron chi connectivity index (χ4n) is 2.93. The SMILES string of the molecule is O=C(Cn1c(Cc2ccccc2)nc2ccccc21)NN=Cc1ccco1. The Kier molecular flexibility index (Phi) is 4.78. The average molecular weight is 358 g/mol. The van der Waals surface area contributed by atoms with E-state index in [1.807, 2.05) is 47.0 Å². The van der Waals surface area contributed by atoms with E-state index in [2.05, 4.69) is 22.7 Å². The number of para-hydroxylation sites is 2. The van der Waals surface area contributed by atoms with Gasteiger partial charge < -0.3 is 8.98 Å². The zero-order chi connectivity index (χ0) is 18.5. The summed E-state index contributed by atoms with van der Waals surface area (Å²) < 4.78 is 7.08. The van der Waals surface area contributed by atoms with Crippen LogP contribution in [-0.4, -0.2) is 21.7 Å². The molecule has 2 aromatic carbocycles. The van der Waals surface area contributed by atoms with E-state index in [-0.39, 0.29) is 12.5 Å². The molecule has 0 spiro atoms. The number of hydrogen-bond donors (Lipinski definition) is 1. The van der Waals surface area contributed by atoms with Crippen LogP contribution in [-0.2, 0) is 17.8 Å². The van der Waals surface area contributed by atoms with Crippen LogP contribution in [0.2, 0.25) is 0 Å². The molecule has 0 atom stereocenters. The van der Waals surface area contributed by atoms with Crippen molar-refractivity contribution >= 4 is 23.2 Å². The maximum Gasteiger partial charge on any atom is 0.260 e. The van der Waals surface area contributed by atoms with Crippen LogP contribution in [0.5, 0.6) is 0 Å². The normalized spacial score (nSPS) is 11.3. The smallest absolute Gasteiger partial charge is 0.260 e. The van der Waals surface area contributed by atoms with E-state index in [4.69, 9.17) is 9.40 Å². The minimum atomic E-state index is -0.227. The number of furan rings is 1. The molecule has 4 aromatic rings. The van der Waals surface area contributed by atoms with Crippen molar-refractivity contribution in [2.75, 3.05) is 0 Å². The van der Waals surface area contributed by atoms with E-state index in [1.165, 1.54) is 6.21 Å². The molecular weight excluding hydrogens is 340 g/mol. The van der Waals surface area contributed by atoms with Crippen molar-refractivity contribution in [1.29, 1.82) is 0 Å². The van der Waals surface area contributed by atoms with E-state index >= 15 is 0 Å². The number of carbonyl (C=O) groups is 1. The Morgan fingerprint density at radius 1 is 1.07 bits per heavy atom. The van der Waals surface area contributed by atoms with E-state index in [0.717, 1.165) is 22.4 Å². The summed E-state index contributed by atoms with van der Waals surface area (Å²) >= 11 is 0. The number of nitrogens with one attached hydrogen (secondary N) is 1. The van der Waals surface area contributed by atoms with Crippen LogP contribution >= 0.6 is 0 Å². The Balaban J connectivity index is 1.56. The molecule has 6 nitrogen and oxygen atoms in total. The zero-order valence-corrected chi connectivity index (χ0v) is 14.6. The Hall–Kier alpha value is -3.67. The van der Waals surface area contributed by atoms with Crippen LogP contribution in [0.15, 0.2) is 82.5 Å². The maximum atomic E-state index is 12.4. The second kappa shape index (κ2) is 7.70. The quantitative estimate of drug-likeness (QED) is 0.424. The topological polar surface area (TPSA) is 72.4 Å². The second-order valence-electron chi connectivity index (χ2n) is 6.07. The highest BCUT2D eigenvalue weighted by Crippen LogP contribution is 2.18. The molecule has 0 unspecified atom stereocenters. The lowest BCUT2D eigenvalue weighted by molar-refractivity contribution is -0.121. The van der Waals surface area contributed by atoms with Gasteiger partial charge in [-0.2, -0.15) is 5.10 Å². The lowest BCUT2D eigenvalue weighted by atomic mass is 10.1. The summed E-state index contributed by atoms with van der Waals surface area (Å²) in [4.78, 5) is 17.1. The Morgan fingerprint density at radius 2 is 1.89 bits per heavy atom. The maximum absolute atomic E-state index is 12.4. The van der Waals surface area contributed by atoms with Crippen molar-refractivity contribution in [2.45, 2.75) is 13.0 Å². The van der Waals surface area contributed by atoms with E-state index in [0.29, 0.717) is 12.2 Å². The van der Waals surface area contributed by atoms with Gasteiger partial charge >= 0.3 is 0 Å². The third-order valence-corrected chi connectivity index (χ3v) is 4.16. The van der Waals surface area contributed by atoms with Crippen molar-refractivity contribution in [3.05, 3.63) is 90.1 Å². The second-order valence-corrected chi connectivity index (χ2v) is 6.07. The molecule has 134 valence electrons. The predicted octanol–water partition coefficient (Wildman–Crippen LogP) is 3.37. The number of fused-ring (bicyclic) bond motifs is 1. The fraction of sp³-hybridized carbons (Fsp3) is 0.0952. The Labute approximate surface area is 156 Å². The van der Waals surface area contributed by atoms with Gasteiger partial charge in [0.05, 0.1) is 23.5 Å². The third-order valence-electron chi connectivity index (χ3n) is 4.16. The summed E-state index contributed by atoms with van der Waals surface area (Å²) in [7, 11) is 0. The number of nitrogens with zero attached hydrogens (tertiary/aromatic N) is 3. The molecule has 2 aromatic heterocycles. The van der Waals surface area contributed by atoms with Gasteiger partial charge in [-0.25, -0.2) is 10.4 Å². The highest BCUT2D eigenvalue weighted by molar-refractivity contribution is 5.82. The monoisotopic (exact) mass is 358 g/mol. The number of carbonyl (C=O) groups excluding carboxylic acids is 1. The van der Waals surface area contributed by atoms with Gasteiger partial charge in [0.25, 0.3) is 5.91 Å². The van der Waals surface area contributed by atoms with Crippen molar-refractivity contribution in [3.63, 3.8) is 0 Å². The number of benzene rings is 2. The molecule has 2 heterocycles. The average Bonchev–Trinajstić information content (AvgIpc) is 3.31. The van der Waals surface area contributed by atoms with E-state index < -0.39 is 0 Å². The molecule has 1 amide bonds. The van der Waals surface area contributed by atoms with E-state index in [9.17, 15) is 4.79 Å². The van der Waals surface area contributed by atoms with Gasteiger partial charge in [-0.1, -0.05) is 42.5 Å². The first-order valence-electron chi connectivity index (χ1n) is 8.63. The molecule has 0 bridgehead atoms. The number of hydrazone groups is 1. The van der Waals surface area contributed by atoms with Gasteiger partial charge in [0.2, 0.25) is 0 Å². The van der Waals surface area contributed by atoms with Gasteiger partial charge in [-0.3, -0.25) is 4.79 Å². The minimum Gasteiger partial charge on any atom is -0.463 e. The van der Waals surface area contributed by atoms with Crippen molar-refractivity contribution in [3.8, 4) is 0 Å². The zero-order valence-electron chi connectivity index (χ0n) is 14.6. The van der Waals surface area contributed by atoms with Gasteiger partial charge in [0, 0.05) is 6.42 Å². The lowest BCUT2D eigenvalue weighted by Crippen LogP contribution is -2.24.